The summed E-state index contributed by atoms with van der Waals surface area (Å²) in [4.78, 5) is 0. The fraction of sp³-hybridized carbons (Fsp3) is 0.333. The minimum absolute atomic E-state index is 0.451. The van der Waals surface area contributed by atoms with Crippen LogP contribution in [0.1, 0.15) is 12.0 Å². The Bertz CT molecular complexity index is 364. The molecule has 0 aromatic heterocycles. The van der Waals surface area contributed by atoms with Crippen molar-refractivity contribution in [1.29, 1.82) is 0 Å². The molecule has 0 atom stereocenters. The zero-order chi connectivity index (χ0) is 11.6. The van der Waals surface area contributed by atoms with Gasteiger partial charge in [-0.3, -0.25) is 0 Å². The Morgan fingerprint density at radius 2 is 1.60 bits per heavy atom. The molecule has 0 fully saturated rings. The molecule has 0 spiro atoms. The first kappa shape index (κ1) is 11.9. The highest BCUT2D eigenvalue weighted by molar-refractivity contribution is 5.25. The van der Waals surface area contributed by atoms with Gasteiger partial charge in [0.25, 0.3) is 5.92 Å². The third-order valence-corrected chi connectivity index (χ3v) is 1.87. The molecule has 1 nitrogen and oxygen atoms in total. The topological polar surface area (TPSA) is 26.0 Å². The van der Waals surface area contributed by atoms with Crippen LogP contribution >= 0.6 is 0 Å². The van der Waals surface area contributed by atoms with E-state index in [1.165, 1.54) is 0 Å². The van der Waals surface area contributed by atoms with Crippen molar-refractivity contribution < 1.29 is 22.0 Å². The predicted octanol–water partition coefficient (Wildman–Crippen LogP) is 2.54. The molecule has 1 rings (SSSR count). The lowest BCUT2D eigenvalue weighted by Crippen LogP contribution is -2.22. The zero-order valence-corrected chi connectivity index (χ0v) is 7.54. The maximum atomic E-state index is 13.1. The number of benzene rings is 1. The van der Waals surface area contributed by atoms with Crippen LogP contribution < -0.4 is 5.73 Å². The van der Waals surface area contributed by atoms with Crippen molar-refractivity contribution in [3.8, 4) is 0 Å². The summed E-state index contributed by atoms with van der Waals surface area (Å²) in [6.07, 6.45) is -0.940. The summed E-state index contributed by atoms with van der Waals surface area (Å²) < 4.78 is 64.8. The Kier molecular flexibility index (Phi) is 3.28. The highest BCUT2D eigenvalue weighted by Crippen LogP contribution is 2.35. The molecule has 1 aromatic carbocycles. The van der Waals surface area contributed by atoms with E-state index in [1.54, 1.807) is 0 Å². The maximum Gasteiger partial charge on any atom is 0.280 e. The second-order valence-corrected chi connectivity index (χ2v) is 2.96. The summed E-state index contributed by atoms with van der Waals surface area (Å²) in [7, 11) is 0. The van der Waals surface area contributed by atoms with Gasteiger partial charge in [0.2, 0.25) is 0 Å². The van der Waals surface area contributed by atoms with E-state index < -0.39 is 41.9 Å². The average molecular weight is 225 g/mol. The molecule has 0 aliphatic rings. The Labute approximate surface area is 82.7 Å². The van der Waals surface area contributed by atoms with Crippen LogP contribution in [-0.2, 0) is 5.92 Å². The van der Waals surface area contributed by atoms with Gasteiger partial charge in [0.15, 0.2) is 11.6 Å². The van der Waals surface area contributed by atoms with E-state index in [-0.39, 0.29) is 0 Å². The van der Waals surface area contributed by atoms with Crippen molar-refractivity contribution in [2.75, 3.05) is 6.54 Å². The van der Waals surface area contributed by atoms with Crippen molar-refractivity contribution >= 4 is 0 Å². The molecule has 0 heterocycles. The van der Waals surface area contributed by atoms with Crippen LogP contribution in [0.5, 0.6) is 0 Å². The smallest absolute Gasteiger partial charge is 0.280 e. The van der Waals surface area contributed by atoms with Gasteiger partial charge in [-0.1, -0.05) is 0 Å². The van der Waals surface area contributed by atoms with Gasteiger partial charge in [0.1, 0.15) is 5.82 Å². The van der Waals surface area contributed by atoms with E-state index in [4.69, 9.17) is 5.73 Å². The molecule has 0 saturated carbocycles. The summed E-state index contributed by atoms with van der Waals surface area (Å²) in [5, 5.41) is 0. The monoisotopic (exact) mass is 225 g/mol. The lowest BCUT2D eigenvalue weighted by Gasteiger charge is -2.17. The lowest BCUT2D eigenvalue weighted by molar-refractivity contribution is -0.0183. The summed E-state index contributed by atoms with van der Waals surface area (Å²) in [6.45, 7) is -0.456. The molecule has 6 heteroatoms. The van der Waals surface area contributed by atoms with E-state index in [0.717, 1.165) is 0 Å². The summed E-state index contributed by atoms with van der Waals surface area (Å²) >= 11 is 0. The Hall–Kier alpha value is -1.17. The van der Waals surface area contributed by atoms with Gasteiger partial charge in [-0.15, -0.1) is 0 Å². The Morgan fingerprint density at radius 3 is 2.13 bits per heavy atom. The van der Waals surface area contributed by atoms with Gasteiger partial charge in [-0.25, -0.2) is 22.0 Å². The fourth-order valence-electron chi connectivity index (χ4n) is 1.17. The van der Waals surface area contributed by atoms with Crippen molar-refractivity contribution in [2.24, 2.45) is 5.73 Å². The predicted molar refractivity (Wildman–Crippen MR) is 43.9 cm³/mol. The molecule has 15 heavy (non-hydrogen) atoms. The van der Waals surface area contributed by atoms with E-state index in [0.29, 0.717) is 12.1 Å². The van der Waals surface area contributed by atoms with Gasteiger partial charge >= 0.3 is 0 Å². The molecular weight excluding hydrogens is 217 g/mol. The van der Waals surface area contributed by atoms with Crippen LogP contribution in [0, 0.1) is 17.5 Å². The molecule has 0 radical (unpaired) electrons. The summed E-state index contributed by atoms with van der Waals surface area (Å²) in [5.41, 5.74) is 3.31. The Morgan fingerprint density at radius 1 is 1.07 bits per heavy atom. The number of rotatable bonds is 3. The second kappa shape index (κ2) is 4.14. The number of hydrogen-bond acceptors (Lipinski definition) is 1. The van der Waals surface area contributed by atoms with Crippen LogP contribution in [0.3, 0.4) is 0 Å². The number of halogens is 5. The molecular formula is C9H8F5N. The first-order valence-corrected chi connectivity index (χ1v) is 4.12. The molecule has 0 bridgehead atoms. The fourth-order valence-corrected chi connectivity index (χ4v) is 1.17. The number of alkyl halides is 2. The molecule has 0 saturated heterocycles. The van der Waals surface area contributed by atoms with Gasteiger partial charge in [-0.2, -0.15) is 0 Å². The normalized spacial score (nSPS) is 11.9. The second-order valence-electron chi connectivity index (χ2n) is 2.96. The van der Waals surface area contributed by atoms with Crippen LogP contribution in [0.15, 0.2) is 12.1 Å². The first-order chi connectivity index (χ1) is 6.90. The number of hydrogen-bond donors (Lipinski definition) is 1. The summed E-state index contributed by atoms with van der Waals surface area (Å²) in [5.74, 6) is -8.66. The van der Waals surface area contributed by atoms with Gasteiger partial charge in [0.05, 0.1) is 5.56 Å². The molecule has 1 aromatic rings. The standard InChI is InChI=1S/C9H8F5N/c10-5-1-2-6(11)8(12)7(5)9(13,14)3-4-15/h1-2H,3-4,15H2. The van der Waals surface area contributed by atoms with Crippen molar-refractivity contribution in [3.63, 3.8) is 0 Å². The quantitative estimate of drug-likeness (QED) is 0.620. The largest absolute Gasteiger partial charge is 0.330 e. The summed E-state index contributed by atoms with van der Waals surface area (Å²) in [6, 6.07) is 0.908. The van der Waals surface area contributed by atoms with E-state index in [2.05, 4.69) is 0 Å². The van der Waals surface area contributed by atoms with Gasteiger partial charge in [-0.05, 0) is 18.7 Å². The highest BCUT2D eigenvalue weighted by Gasteiger charge is 2.37. The van der Waals surface area contributed by atoms with Crippen LogP contribution in [0.25, 0.3) is 0 Å². The molecule has 84 valence electrons. The molecule has 0 unspecified atom stereocenters. The third-order valence-electron chi connectivity index (χ3n) is 1.87. The molecule has 0 aliphatic heterocycles. The number of nitrogens with two attached hydrogens (primary N) is 1. The minimum atomic E-state index is -3.80. The van der Waals surface area contributed by atoms with Gasteiger partial charge in [0, 0.05) is 6.42 Å². The lowest BCUT2D eigenvalue weighted by atomic mass is 10.0. The van der Waals surface area contributed by atoms with Gasteiger partial charge < -0.3 is 5.73 Å². The maximum absolute atomic E-state index is 13.1. The van der Waals surface area contributed by atoms with Crippen molar-refractivity contribution in [1.82, 2.24) is 0 Å². The van der Waals surface area contributed by atoms with Crippen LogP contribution in [-0.4, -0.2) is 6.54 Å². The molecule has 0 aliphatic carbocycles. The van der Waals surface area contributed by atoms with Crippen LogP contribution in [0.4, 0.5) is 22.0 Å². The molecule has 2 N–H and O–H groups in total. The SMILES string of the molecule is NCCC(F)(F)c1c(F)ccc(F)c1F. The van der Waals surface area contributed by atoms with Crippen molar-refractivity contribution in [3.05, 3.63) is 35.1 Å². The third kappa shape index (κ3) is 2.26. The minimum Gasteiger partial charge on any atom is -0.330 e. The van der Waals surface area contributed by atoms with E-state index >= 15 is 0 Å². The zero-order valence-electron chi connectivity index (χ0n) is 7.54. The molecule has 0 amide bonds. The van der Waals surface area contributed by atoms with E-state index in [9.17, 15) is 22.0 Å². The van der Waals surface area contributed by atoms with Crippen molar-refractivity contribution in [2.45, 2.75) is 12.3 Å². The highest BCUT2D eigenvalue weighted by atomic mass is 19.3. The Balaban J connectivity index is 3.29. The van der Waals surface area contributed by atoms with Crippen LogP contribution in [0.2, 0.25) is 0 Å². The average Bonchev–Trinajstić information content (AvgIpc) is 2.11. The first-order valence-electron chi connectivity index (χ1n) is 4.12. The van der Waals surface area contributed by atoms with E-state index in [1.807, 2.05) is 0 Å².